The van der Waals surface area contributed by atoms with Crippen molar-refractivity contribution in [1.29, 1.82) is 0 Å². The van der Waals surface area contributed by atoms with Gasteiger partial charge < -0.3 is 4.74 Å². The Balaban J connectivity index is 2.23. The van der Waals surface area contributed by atoms with Gasteiger partial charge in [-0.25, -0.2) is 0 Å². The van der Waals surface area contributed by atoms with E-state index in [1.54, 1.807) is 7.11 Å². The van der Waals surface area contributed by atoms with Gasteiger partial charge in [-0.15, -0.1) is 0 Å². The SMILES string of the molecule is COc1c(C)cc(C(=O)Cc2ccc(C)cc2)cc1C. The highest BCUT2D eigenvalue weighted by molar-refractivity contribution is 5.98. The summed E-state index contributed by atoms with van der Waals surface area (Å²) >= 11 is 0. The maximum Gasteiger partial charge on any atom is 0.167 e. The van der Waals surface area contributed by atoms with Crippen LogP contribution in [0.4, 0.5) is 0 Å². The lowest BCUT2D eigenvalue weighted by Crippen LogP contribution is -2.05. The third kappa shape index (κ3) is 3.08. The number of hydrogen-bond donors (Lipinski definition) is 0. The number of carbonyl (C=O) groups is 1. The highest BCUT2D eigenvalue weighted by Gasteiger charge is 2.11. The molecular weight excluding hydrogens is 248 g/mol. The first-order valence-corrected chi connectivity index (χ1v) is 6.75. The summed E-state index contributed by atoms with van der Waals surface area (Å²) in [6.45, 7) is 5.98. The molecule has 0 N–H and O–H groups in total. The molecule has 0 bridgehead atoms. The van der Waals surface area contributed by atoms with Crippen molar-refractivity contribution in [2.45, 2.75) is 27.2 Å². The molecule has 0 amide bonds. The Morgan fingerprint density at radius 1 is 1.00 bits per heavy atom. The molecule has 0 aliphatic rings. The molecule has 2 nitrogen and oxygen atoms in total. The predicted octanol–water partition coefficient (Wildman–Crippen LogP) is 4.05. The monoisotopic (exact) mass is 268 g/mol. The van der Waals surface area contributed by atoms with Gasteiger partial charge in [0, 0.05) is 12.0 Å². The Hall–Kier alpha value is -2.09. The van der Waals surface area contributed by atoms with E-state index >= 15 is 0 Å². The summed E-state index contributed by atoms with van der Waals surface area (Å²) in [5, 5.41) is 0. The quantitative estimate of drug-likeness (QED) is 0.782. The molecule has 2 aromatic rings. The molecule has 0 aromatic heterocycles. The van der Waals surface area contributed by atoms with E-state index in [0.717, 1.165) is 28.0 Å². The summed E-state index contributed by atoms with van der Waals surface area (Å²) in [4.78, 5) is 12.4. The molecule has 2 aromatic carbocycles. The van der Waals surface area contributed by atoms with E-state index in [1.165, 1.54) is 5.56 Å². The molecule has 0 aliphatic carbocycles. The lowest BCUT2D eigenvalue weighted by Gasteiger charge is -2.11. The predicted molar refractivity (Wildman–Crippen MR) is 81.7 cm³/mol. The van der Waals surface area contributed by atoms with Crippen LogP contribution in [0, 0.1) is 20.8 Å². The number of Topliss-reactive ketones (excluding diaryl/α,β-unsaturated/α-hetero) is 1. The Labute approximate surface area is 120 Å². The van der Waals surface area contributed by atoms with E-state index in [1.807, 2.05) is 57.2 Å². The van der Waals surface area contributed by atoms with Crippen LogP contribution in [-0.4, -0.2) is 12.9 Å². The summed E-state index contributed by atoms with van der Waals surface area (Å²) in [5.74, 6) is 1.000. The zero-order chi connectivity index (χ0) is 14.7. The fourth-order valence-corrected chi connectivity index (χ4v) is 2.43. The first-order chi connectivity index (χ1) is 9.51. The van der Waals surface area contributed by atoms with E-state index < -0.39 is 0 Å². The van der Waals surface area contributed by atoms with Crippen molar-refractivity contribution >= 4 is 5.78 Å². The Morgan fingerprint density at radius 2 is 1.55 bits per heavy atom. The number of benzene rings is 2. The lowest BCUT2D eigenvalue weighted by molar-refractivity contribution is 0.0993. The fraction of sp³-hybridized carbons (Fsp3) is 0.278. The van der Waals surface area contributed by atoms with Crippen molar-refractivity contribution in [3.8, 4) is 5.75 Å². The van der Waals surface area contributed by atoms with Crippen LogP contribution >= 0.6 is 0 Å². The minimum atomic E-state index is 0.141. The standard InChI is InChI=1S/C18H20O2/c1-12-5-7-15(8-6-12)11-17(19)16-9-13(2)18(20-4)14(3)10-16/h5-10H,11H2,1-4H3. The number of ketones is 1. The van der Waals surface area contributed by atoms with Crippen molar-refractivity contribution in [3.05, 3.63) is 64.2 Å². The molecule has 0 atom stereocenters. The number of hydrogen-bond acceptors (Lipinski definition) is 2. The van der Waals surface area contributed by atoms with Crippen LogP contribution < -0.4 is 4.74 Å². The second-order valence-electron chi connectivity index (χ2n) is 5.23. The molecule has 0 fully saturated rings. The first kappa shape index (κ1) is 14.3. The van der Waals surface area contributed by atoms with E-state index in [0.29, 0.717) is 6.42 Å². The van der Waals surface area contributed by atoms with Gasteiger partial charge in [0.05, 0.1) is 7.11 Å². The molecule has 104 valence electrons. The van der Waals surface area contributed by atoms with Crippen LogP contribution in [-0.2, 0) is 6.42 Å². The summed E-state index contributed by atoms with van der Waals surface area (Å²) in [6, 6.07) is 11.9. The molecule has 0 aliphatic heterocycles. The number of carbonyl (C=O) groups excluding carboxylic acids is 1. The molecule has 0 saturated heterocycles. The third-order valence-electron chi connectivity index (χ3n) is 3.47. The van der Waals surface area contributed by atoms with Crippen molar-refractivity contribution < 1.29 is 9.53 Å². The Kier molecular flexibility index (Phi) is 4.23. The smallest absolute Gasteiger partial charge is 0.167 e. The van der Waals surface area contributed by atoms with Gasteiger partial charge in [-0.2, -0.15) is 0 Å². The van der Waals surface area contributed by atoms with Gasteiger partial charge in [0.25, 0.3) is 0 Å². The summed E-state index contributed by atoms with van der Waals surface area (Å²) in [7, 11) is 1.66. The fourth-order valence-electron chi connectivity index (χ4n) is 2.43. The molecule has 2 rings (SSSR count). The summed E-state index contributed by atoms with van der Waals surface area (Å²) in [5.41, 5.74) is 5.00. The summed E-state index contributed by atoms with van der Waals surface area (Å²) < 4.78 is 5.33. The second kappa shape index (κ2) is 5.91. The number of methoxy groups -OCH3 is 1. The summed E-state index contributed by atoms with van der Waals surface area (Å²) in [6.07, 6.45) is 0.436. The van der Waals surface area contributed by atoms with Crippen LogP contribution in [0.25, 0.3) is 0 Å². The van der Waals surface area contributed by atoms with Gasteiger partial charge in [-0.05, 0) is 49.6 Å². The van der Waals surface area contributed by atoms with Gasteiger partial charge >= 0.3 is 0 Å². The molecule has 0 unspecified atom stereocenters. The molecule has 0 saturated carbocycles. The average molecular weight is 268 g/mol. The van der Waals surface area contributed by atoms with Crippen LogP contribution in [0.3, 0.4) is 0 Å². The zero-order valence-corrected chi connectivity index (χ0v) is 12.5. The van der Waals surface area contributed by atoms with E-state index in [9.17, 15) is 4.79 Å². The molecule has 20 heavy (non-hydrogen) atoms. The van der Waals surface area contributed by atoms with Gasteiger partial charge in [0.2, 0.25) is 0 Å². The van der Waals surface area contributed by atoms with Crippen LogP contribution in [0.2, 0.25) is 0 Å². The van der Waals surface area contributed by atoms with Gasteiger partial charge in [-0.1, -0.05) is 29.8 Å². The van der Waals surface area contributed by atoms with E-state index in [-0.39, 0.29) is 5.78 Å². The second-order valence-corrected chi connectivity index (χ2v) is 5.23. The van der Waals surface area contributed by atoms with Crippen molar-refractivity contribution in [1.82, 2.24) is 0 Å². The Bertz CT molecular complexity index is 601. The minimum Gasteiger partial charge on any atom is -0.496 e. The maximum atomic E-state index is 12.4. The number of aryl methyl sites for hydroxylation is 3. The van der Waals surface area contributed by atoms with Crippen molar-refractivity contribution in [3.63, 3.8) is 0 Å². The molecule has 0 spiro atoms. The molecule has 2 heteroatoms. The van der Waals surface area contributed by atoms with Gasteiger partial charge in [-0.3, -0.25) is 4.79 Å². The van der Waals surface area contributed by atoms with Gasteiger partial charge in [0.1, 0.15) is 5.75 Å². The largest absolute Gasteiger partial charge is 0.496 e. The average Bonchev–Trinajstić information content (AvgIpc) is 2.41. The number of rotatable bonds is 4. The Morgan fingerprint density at radius 3 is 2.05 bits per heavy atom. The van der Waals surface area contributed by atoms with Crippen molar-refractivity contribution in [2.24, 2.45) is 0 Å². The maximum absolute atomic E-state index is 12.4. The first-order valence-electron chi connectivity index (χ1n) is 6.75. The molecular formula is C18H20O2. The zero-order valence-electron chi connectivity index (χ0n) is 12.5. The third-order valence-corrected chi connectivity index (χ3v) is 3.47. The normalized spacial score (nSPS) is 10.4. The van der Waals surface area contributed by atoms with Crippen LogP contribution in [0.1, 0.15) is 32.6 Å². The van der Waals surface area contributed by atoms with Crippen molar-refractivity contribution in [2.75, 3.05) is 7.11 Å². The lowest BCUT2D eigenvalue weighted by atomic mass is 9.98. The highest BCUT2D eigenvalue weighted by Crippen LogP contribution is 2.25. The number of ether oxygens (including phenoxy) is 1. The topological polar surface area (TPSA) is 26.3 Å². The highest BCUT2D eigenvalue weighted by atomic mass is 16.5. The van der Waals surface area contributed by atoms with E-state index in [4.69, 9.17) is 4.74 Å². The van der Waals surface area contributed by atoms with E-state index in [2.05, 4.69) is 0 Å². The van der Waals surface area contributed by atoms with Crippen LogP contribution in [0.15, 0.2) is 36.4 Å². The molecule has 0 radical (unpaired) electrons. The van der Waals surface area contributed by atoms with Crippen LogP contribution in [0.5, 0.6) is 5.75 Å². The minimum absolute atomic E-state index is 0.141. The van der Waals surface area contributed by atoms with Gasteiger partial charge in [0.15, 0.2) is 5.78 Å². The molecule has 0 heterocycles.